The minimum absolute atomic E-state index is 0.670. The SMILES string of the molecule is c1ccc(-c2nc(-n3c4ccccc4c4ccccc43)nc3ccsc23)nc1. The molecule has 0 atom stereocenters. The molecule has 4 heterocycles. The minimum Gasteiger partial charge on any atom is -0.278 e. The second-order valence-corrected chi connectivity index (χ2v) is 7.51. The third-order valence-electron chi connectivity index (χ3n) is 4.98. The monoisotopic (exact) mass is 378 g/mol. The highest BCUT2D eigenvalue weighted by Gasteiger charge is 2.17. The van der Waals surface area contributed by atoms with E-state index in [4.69, 9.17) is 9.97 Å². The number of rotatable bonds is 2. The smallest absolute Gasteiger partial charge is 0.235 e. The van der Waals surface area contributed by atoms with Crippen molar-refractivity contribution in [3.05, 3.63) is 84.4 Å². The highest BCUT2D eigenvalue weighted by Crippen LogP contribution is 2.34. The summed E-state index contributed by atoms with van der Waals surface area (Å²) in [5.41, 5.74) is 4.88. The van der Waals surface area contributed by atoms with Gasteiger partial charge in [0.05, 0.1) is 26.9 Å². The largest absolute Gasteiger partial charge is 0.278 e. The quantitative estimate of drug-likeness (QED) is 0.379. The highest BCUT2D eigenvalue weighted by molar-refractivity contribution is 7.17. The molecule has 0 radical (unpaired) electrons. The van der Waals surface area contributed by atoms with Crippen LogP contribution in [-0.4, -0.2) is 19.5 Å². The summed E-state index contributed by atoms with van der Waals surface area (Å²) in [7, 11) is 0. The summed E-state index contributed by atoms with van der Waals surface area (Å²) in [6, 6.07) is 24.8. The molecule has 0 aliphatic rings. The number of aromatic nitrogens is 4. The Labute approximate surface area is 164 Å². The fourth-order valence-corrected chi connectivity index (χ4v) is 4.59. The predicted molar refractivity (Wildman–Crippen MR) is 115 cm³/mol. The van der Waals surface area contributed by atoms with Crippen LogP contribution in [0.5, 0.6) is 0 Å². The molecule has 6 rings (SSSR count). The van der Waals surface area contributed by atoms with E-state index in [1.165, 1.54) is 10.8 Å². The van der Waals surface area contributed by atoms with Crippen LogP contribution < -0.4 is 0 Å². The molecule has 0 amide bonds. The Balaban J connectivity index is 1.74. The molecule has 0 unspecified atom stereocenters. The number of fused-ring (bicyclic) bond motifs is 4. The summed E-state index contributed by atoms with van der Waals surface area (Å²) >= 11 is 1.65. The summed E-state index contributed by atoms with van der Waals surface area (Å²) in [5, 5.41) is 4.46. The van der Waals surface area contributed by atoms with Gasteiger partial charge in [-0.1, -0.05) is 42.5 Å². The molecule has 0 spiro atoms. The Hall–Kier alpha value is -3.57. The Morgan fingerprint density at radius 3 is 2.14 bits per heavy atom. The predicted octanol–water partition coefficient (Wildman–Crippen LogP) is 5.85. The zero-order valence-electron chi connectivity index (χ0n) is 14.8. The average molecular weight is 378 g/mol. The van der Waals surface area contributed by atoms with Gasteiger partial charge in [0.2, 0.25) is 5.95 Å². The second-order valence-electron chi connectivity index (χ2n) is 6.59. The third kappa shape index (κ3) is 2.20. The van der Waals surface area contributed by atoms with E-state index in [9.17, 15) is 0 Å². The molecule has 6 aromatic rings. The minimum atomic E-state index is 0.670. The Morgan fingerprint density at radius 2 is 1.43 bits per heavy atom. The van der Waals surface area contributed by atoms with E-state index in [1.54, 1.807) is 17.5 Å². The maximum absolute atomic E-state index is 4.99. The van der Waals surface area contributed by atoms with Gasteiger partial charge in [0, 0.05) is 17.0 Å². The highest BCUT2D eigenvalue weighted by atomic mass is 32.1. The van der Waals surface area contributed by atoms with Crippen molar-refractivity contribution in [1.29, 1.82) is 0 Å². The van der Waals surface area contributed by atoms with E-state index < -0.39 is 0 Å². The molecule has 0 saturated carbocycles. The van der Waals surface area contributed by atoms with Crippen molar-refractivity contribution >= 4 is 43.4 Å². The van der Waals surface area contributed by atoms with Gasteiger partial charge in [-0.05, 0) is 35.7 Å². The van der Waals surface area contributed by atoms with E-state index in [-0.39, 0.29) is 0 Å². The molecule has 2 aromatic carbocycles. The number of pyridine rings is 1. The summed E-state index contributed by atoms with van der Waals surface area (Å²) in [5.74, 6) is 0.670. The van der Waals surface area contributed by atoms with Crippen molar-refractivity contribution in [2.45, 2.75) is 0 Å². The lowest BCUT2D eigenvalue weighted by molar-refractivity contribution is 1.01. The Bertz CT molecular complexity index is 1410. The van der Waals surface area contributed by atoms with Crippen LogP contribution in [0.1, 0.15) is 0 Å². The van der Waals surface area contributed by atoms with E-state index in [0.29, 0.717) is 5.95 Å². The lowest BCUT2D eigenvalue weighted by atomic mass is 10.2. The number of para-hydroxylation sites is 2. The van der Waals surface area contributed by atoms with E-state index >= 15 is 0 Å². The van der Waals surface area contributed by atoms with Crippen molar-refractivity contribution in [3.8, 4) is 17.3 Å². The van der Waals surface area contributed by atoms with Crippen LogP contribution in [0.2, 0.25) is 0 Å². The first kappa shape index (κ1) is 15.5. The zero-order valence-corrected chi connectivity index (χ0v) is 15.6. The molecule has 5 heteroatoms. The molecular formula is C23H14N4S. The second kappa shape index (κ2) is 5.97. The number of hydrogen-bond acceptors (Lipinski definition) is 4. The molecule has 0 N–H and O–H groups in total. The van der Waals surface area contributed by atoms with Crippen LogP contribution in [-0.2, 0) is 0 Å². The third-order valence-corrected chi connectivity index (χ3v) is 5.89. The Kier molecular flexibility index (Phi) is 3.30. The first-order chi connectivity index (χ1) is 13.9. The summed E-state index contributed by atoms with van der Waals surface area (Å²) in [6.45, 7) is 0. The van der Waals surface area contributed by atoms with Crippen molar-refractivity contribution in [2.75, 3.05) is 0 Å². The number of hydrogen-bond donors (Lipinski definition) is 0. The van der Waals surface area contributed by atoms with Crippen LogP contribution in [0.4, 0.5) is 0 Å². The molecule has 0 aliphatic heterocycles. The van der Waals surface area contributed by atoms with Gasteiger partial charge in [-0.2, -0.15) is 0 Å². The van der Waals surface area contributed by atoms with Crippen molar-refractivity contribution in [1.82, 2.24) is 19.5 Å². The van der Waals surface area contributed by atoms with Crippen LogP contribution in [0.15, 0.2) is 84.4 Å². The standard InChI is InChI=1S/C23H14N4S/c1-3-10-19-15(7-1)16-8-2-4-11-20(16)27(19)23-25-18-12-14-28-22(18)21(26-23)17-9-5-6-13-24-17/h1-14H. The van der Waals surface area contributed by atoms with Gasteiger partial charge >= 0.3 is 0 Å². The molecule has 0 aliphatic carbocycles. The number of nitrogens with zero attached hydrogens (tertiary/aromatic N) is 4. The molecule has 4 nitrogen and oxygen atoms in total. The van der Waals surface area contributed by atoms with Crippen LogP contribution in [0.25, 0.3) is 49.4 Å². The van der Waals surface area contributed by atoms with E-state index in [1.807, 2.05) is 24.3 Å². The summed E-state index contributed by atoms with van der Waals surface area (Å²) in [6.07, 6.45) is 1.80. The maximum Gasteiger partial charge on any atom is 0.235 e. The van der Waals surface area contributed by atoms with Gasteiger partial charge < -0.3 is 0 Å². The lowest BCUT2D eigenvalue weighted by Gasteiger charge is -2.09. The average Bonchev–Trinajstić information content (AvgIpc) is 3.36. The number of benzene rings is 2. The van der Waals surface area contributed by atoms with Gasteiger partial charge in [-0.15, -0.1) is 11.3 Å². The molecule has 28 heavy (non-hydrogen) atoms. The van der Waals surface area contributed by atoms with Gasteiger partial charge in [0.25, 0.3) is 0 Å². The van der Waals surface area contributed by atoms with Gasteiger partial charge in [0.1, 0.15) is 5.69 Å². The Morgan fingerprint density at radius 1 is 0.714 bits per heavy atom. The summed E-state index contributed by atoms with van der Waals surface area (Å²) < 4.78 is 3.21. The number of thiophene rings is 1. The fraction of sp³-hybridized carbons (Fsp3) is 0. The van der Waals surface area contributed by atoms with E-state index in [2.05, 4.69) is 63.5 Å². The molecule has 0 saturated heterocycles. The maximum atomic E-state index is 4.99. The van der Waals surface area contributed by atoms with Crippen molar-refractivity contribution < 1.29 is 0 Å². The summed E-state index contributed by atoms with van der Waals surface area (Å²) in [4.78, 5) is 14.4. The molecule has 132 valence electrons. The van der Waals surface area contributed by atoms with Crippen molar-refractivity contribution in [2.24, 2.45) is 0 Å². The molecular weight excluding hydrogens is 364 g/mol. The normalized spacial score (nSPS) is 11.6. The van der Waals surface area contributed by atoms with Crippen LogP contribution in [0, 0.1) is 0 Å². The van der Waals surface area contributed by atoms with Crippen LogP contribution in [0.3, 0.4) is 0 Å². The fourth-order valence-electron chi connectivity index (χ4n) is 3.77. The van der Waals surface area contributed by atoms with Crippen LogP contribution >= 0.6 is 11.3 Å². The molecule has 0 fully saturated rings. The zero-order chi connectivity index (χ0) is 18.5. The van der Waals surface area contributed by atoms with Gasteiger partial charge in [-0.25, -0.2) is 9.97 Å². The first-order valence-corrected chi connectivity index (χ1v) is 9.93. The first-order valence-electron chi connectivity index (χ1n) is 9.05. The molecule has 0 bridgehead atoms. The van der Waals surface area contributed by atoms with Gasteiger partial charge in [0.15, 0.2) is 0 Å². The van der Waals surface area contributed by atoms with Gasteiger partial charge in [-0.3, -0.25) is 9.55 Å². The lowest BCUT2D eigenvalue weighted by Crippen LogP contribution is -2.02. The topological polar surface area (TPSA) is 43.6 Å². The molecule has 4 aromatic heterocycles. The van der Waals surface area contributed by atoms with Crippen molar-refractivity contribution in [3.63, 3.8) is 0 Å². The van der Waals surface area contributed by atoms with E-state index in [0.717, 1.165) is 32.6 Å².